The highest BCUT2D eigenvalue weighted by molar-refractivity contribution is 7.34. The van der Waals surface area contributed by atoms with Gasteiger partial charge in [-0.3, -0.25) is 0 Å². The van der Waals surface area contributed by atoms with Crippen molar-refractivity contribution in [2.75, 3.05) is 6.06 Å². The van der Waals surface area contributed by atoms with E-state index in [-0.39, 0.29) is 5.60 Å². The smallest absolute Gasteiger partial charge is 0.129 e. The van der Waals surface area contributed by atoms with E-state index in [9.17, 15) is 0 Å². The predicted octanol–water partition coefficient (Wildman–Crippen LogP) is 10.3. The van der Waals surface area contributed by atoms with Crippen molar-refractivity contribution in [3.05, 3.63) is 22.3 Å². The second-order valence-electron chi connectivity index (χ2n) is 11.9. The monoisotopic (exact) mass is 516 g/mol. The third kappa shape index (κ3) is 10.6. The van der Waals surface area contributed by atoms with Crippen LogP contribution >= 0.6 is 8.81 Å². The fourth-order valence-corrected chi connectivity index (χ4v) is 6.06. The maximum Gasteiger partial charge on any atom is 0.129 e. The molecule has 0 aromatic heterocycles. The summed E-state index contributed by atoms with van der Waals surface area (Å²) in [5.41, 5.74) is 4.97. The fourth-order valence-electron chi connectivity index (χ4n) is 5.53. The Morgan fingerprint density at radius 1 is 0.861 bits per heavy atom. The SMILES string of the molecule is CC.[B]CPOc1c(C)c(C)c2c(c1C)CC[C@@](C)(CCC[C@H](C)CCC[C@H](C)CCCC(C)C)O2. The average molecular weight is 517 g/mol. The van der Waals surface area contributed by atoms with Gasteiger partial charge in [0.2, 0.25) is 0 Å². The van der Waals surface area contributed by atoms with Gasteiger partial charge in [-0.1, -0.05) is 86.5 Å². The molecule has 0 amide bonds. The van der Waals surface area contributed by atoms with E-state index in [4.69, 9.17) is 17.1 Å². The van der Waals surface area contributed by atoms with Crippen molar-refractivity contribution in [2.24, 2.45) is 17.8 Å². The maximum absolute atomic E-state index is 6.74. The Bertz CT molecular complexity index is 763. The molecule has 36 heavy (non-hydrogen) atoms. The third-order valence-corrected chi connectivity index (χ3v) is 8.61. The number of hydrogen-bond donors (Lipinski definition) is 0. The van der Waals surface area contributed by atoms with Gasteiger partial charge in [0.15, 0.2) is 0 Å². The summed E-state index contributed by atoms with van der Waals surface area (Å²) in [5, 5.41) is 0. The van der Waals surface area contributed by atoms with E-state index in [0.29, 0.717) is 14.9 Å². The van der Waals surface area contributed by atoms with Gasteiger partial charge in [0.1, 0.15) is 17.1 Å². The van der Waals surface area contributed by atoms with E-state index in [1.165, 1.54) is 73.6 Å². The van der Waals surface area contributed by atoms with Gasteiger partial charge in [-0.25, -0.2) is 0 Å². The summed E-state index contributed by atoms with van der Waals surface area (Å²) in [6, 6.07) is 0.569. The first-order valence-electron chi connectivity index (χ1n) is 15.0. The van der Waals surface area contributed by atoms with Gasteiger partial charge in [0.25, 0.3) is 0 Å². The van der Waals surface area contributed by atoms with Crippen LogP contribution in [0.2, 0.25) is 0 Å². The summed E-state index contributed by atoms with van der Waals surface area (Å²) < 4.78 is 12.8. The van der Waals surface area contributed by atoms with E-state index in [1.807, 2.05) is 13.8 Å². The number of fused-ring (bicyclic) bond motifs is 1. The zero-order valence-electron chi connectivity index (χ0n) is 25.6. The molecule has 1 heterocycles. The molecule has 0 fully saturated rings. The summed E-state index contributed by atoms with van der Waals surface area (Å²) in [5.74, 6) is 4.69. The summed E-state index contributed by atoms with van der Waals surface area (Å²) in [6.45, 7) is 22.4. The number of hydrogen-bond acceptors (Lipinski definition) is 2. The fraction of sp³-hybridized carbons (Fsp3) is 0.812. The molecule has 1 aromatic rings. The van der Waals surface area contributed by atoms with E-state index in [1.54, 1.807) is 0 Å². The summed E-state index contributed by atoms with van der Waals surface area (Å²) >= 11 is 0. The quantitative estimate of drug-likeness (QED) is 0.171. The molecule has 0 bridgehead atoms. The Hall–Kier alpha value is -0.685. The number of ether oxygens (including phenoxy) is 1. The Morgan fingerprint density at radius 3 is 1.97 bits per heavy atom. The lowest BCUT2D eigenvalue weighted by Crippen LogP contribution is -2.37. The third-order valence-electron chi connectivity index (χ3n) is 8.10. The number of rotatable bonds is 15. The van der Waals surface area contributed by atoms with Crippen molar-refractivity contribution in [1.29, 1.82) is 0 Å². The second kappa shape index (κ2) is 17.0. The molecule has 0 N–H and O–H groups in total. The van der Waals surface area contributed by atoms with Gasteiger partial charge >= 0.3 is 0 Å². The predicted molar refractivity (Wildman–Crippen MR) is 164 cm³/mol. The molecule has 206 valence electrons. The lowest BCUT2D eigenvalue weighted by atomic mass is 9.84. The molecule has 4 heteroatoms. The largest absolute Gasteiger partial charge is 0.487 e. The first kappa shape index (κ1) is 33.3. The van der Waals surface area contributed by atoms with Crippen LogP contribution in [-0.4, -0.2) is 19.5 Å². The van der Waals surface area contributed by atoms with Crippen LogP contribution < -0.4 is 9.26 Å². The first-order chi connectivity index (χ1) is 17.1. The topological polar surface area (TPSA) is 18.5 Å². The van der Waals surface area contributed by atoms with E-state index >= 15 is 0 Å². The molecule has 4 atom stereocenters. The molecule has 0 aliphatic carbocycles. The van der Waals surface area contributed by atoms with Crippen LogP contribution in [0.15, 0.2) is 0 Å². The molecule has 1 aromatic carbocycles. The average Bonchev–Trinajstić information content (AvgIpc) is 2.83. The molecule has 0 saturated heterocycles. The van der Waals surface area contributed by atoms with Crippen molar-refractivity contribution in [2.45, 2.75) is 145 Å². The number of benzene rings is 1. The Morgan fingerprint density at radius 2 is 1.42 bits per heavy atom. The molecule has 1 unspecified atom stereocenters. The molecule has 0 spiro atoms. The summed E-state index contributed by atoms with van der Waals surface area (Å²) in [7, 11) is 6.00. The van der Waals surface area contributed by atoms with Crippen LogP contribution in [-0.2, 0) is 6.42 Å². The molecule has 1 aliphatic rings. The van der Waals surface area contributed by atoms with Crippen molar-refractivity contribution in [3.63, 3.8) is 0 Å². The zero-order valence-corrected chi connectivity index (χ0v) is 26.6. The standard InChI is InChI=1S/C30H52BO2P.C2H6/c1-21(2)12-9-13-22(3)14-10-15-23(4)16-11-18-30(8)19-17-27-26(7)28(33-34-20-31)24(5)25(6)29(27)32-30;1-2/h21-23,34H,9-20H2,1-8H3;1-2H3/t22-,23-,30-;/m1./s1. The minimum atomic E-state index is -0.0529. The normalized spacial score (nSPS) is 19.0. The minimum absolute atomic E-state index is 0.0529. The van der Waals surface area contributed by atoms with Crippen LogP contribution in [0.25, 0.3) is 0 Å². The van der Waals surface area contributed by atoms with Crippen LogP contribution in [0.5, 0.6) is 11.5 Å². The maximum atomic E-state index is 6.74. The highest BCUT2D eigenvalue weighted by atomic mass is 31.1. The van der Waals surface area contributed by atoms with E-state index in [0.717, 1.165) is 48.5 Å². The van der Waals surface area contributed by atoms with Crippen molar-refractivity contribution in [1.82, 2.24) is 0 Å². The Kier molecular flexibility index (Phi) is 15.8. The van der Waals surface area contributed by atoms with Gasteiger partial charge < -0.3 is 9.26 Å². The van der Waals surface area contributed by atoms with Crippen LogP contribution in [0.3, 0.4) is 0 Å². The van der Waals surface area contributed by atoms with Crippen molar-refractivity contribution in [3.8, 4) is 11.5 Å². The molecule has 2 nitrogen and oxygen atoms in total. The summed E-state index contributed by atoms with van der Waals surface area (Å²) in [4.78, 5) is 0. The highest BCUT2D eigenvalue weighted by Crippen LogP contribution is 2.46. The molecular weight excluding hydrogens is 458 g/mol. The van der Waals surface area contributed by atoms with Gasteiger partial charge in [-0.2, -0.15) is 0 Å². The second-order valence-corrected chi connectivity index (χ2v) is 12.8. The van der Waals surface area contributed by atoms with Gasteiger partial charge in [0, 0.05) is 5.56 Å². The van der Waals surface area contributed by atoms with Crippen molar-refractivity contribution >= 4 is 16.7 Å². The Labute approximate surface area is 228 Å². The van der Waals surface area contributed by atoms with Gasteiger partial charge in [-0.15, -0.1) is 0 Å². The van der Waals surface area contributed by atoms with Crippen LogP contribution in [0.1, 0.15) is 135 Å². The minimum Gasteiger partial charge on any atom is -0.487 e. The lowest BCUT2D eigenvalue weighted by molar-refractivity contribution is 0.0512. The molecule has 0 saturated carbocycles. The molecule has 2 radical (unpaired) electrons. The van der Waals surface area contributed by atoms with Gasteiger partial charge in [-0.05, 0) is 93.9 Å². The van der Waals surface area contributed by atoms with Crippen LogP contribution in [0.4, 0.5) is 0 Å². The molecule has 1 aliphatic heterocycles. The molecular formula is C32H58BO2P. The van der Waals surface area contributed by atoms with E-state index < -0.39 is 0 Å². The summed E-state index contributed by atoms with van der Waals surface area (Å²) in [6.07, 6.45) is 14.2. The zero-order chi connectivity index (χ0) is 27.3. The van der Waals surface area contributed by atoms with E-state index in [2.05, 4.69) is 55.4 Å². The molecule has 2 rings (SSSR count). The first-order valence-corrected chi connectivity index (χ1v) is 16.1. The lowest BCUT2D eigenvalue weighted by Gasteiger charge is -2.38. The Balaban J connectivity index is 0.00000316. The highest BCUT2D eigenvalue weighted by Gasteiger charge is 2.34. The van der Waals surface area contributed by atoms with Crippen LogP contribution in [0, 0.1) is 38.5 Å². The van der Waals surface area contributed by atoms with Crippen molar-refractivity contribution < 1.29 is 9.26 Å². The van der Waals surface area contributed by atoms with Gasteiger partial charge in [0.05, 0.1) is 16.7 Å².